The zero-order chi connectivity index (χ0) is 10.6. The smallest absolute Gasteiger partial charge is 0.300 e. The summed E-state index contributed by atoms with van der Waals surface area (Å²) in [4.78, 5) is 10.8. The average molecular weight is 190 g/mol. The first-order valence-electron chi connectivity index (χ1n) is 3.97. The molecule has 0 aromatic heterocycles. The lowest BCUT2D eigenvalue weighted by atomic mass is 10.2. The fraction of sp³-hybridized carbons (Fsp3) is 0.100. The van der Waals surface area contributed by atoms with Crippen molar-refractivity contribution in [1.29, 1.82) is 0 Å². The summed E-state index contributed by atoms with van der Waals surface area (Å²) in [7, 11) is 0. The largest absolute Gasteiger partial charge is 0.506 e. The van der Waals surface area contributed by atoms with E-state index < -0.39 is 5.91 Å². The Bertz CT molecular complexity index is 394. The van der Waals surface area contributed by atoms with Crippen LogP contribution in [0.2, 0.25) is 0 Å². The summed E-state index contributed by atoms with van der Waals surface area (Å²) < 4.78 is 0. The average Bonchev–Trinajstić information content (AvgIpc) is 2.20. The Morgan fingerprint density at radius 1 is 1.64 bits per heavy atom. The van der Waals surface area contributed by atoms with Gasteiger partial charge in [0.25, 0.3) is 5.91 Å². The molecule has 1 amide bonds. The second-order valence-corrected chi connectivity index (χ2v) is 2.65. The Hall–Kier alpha value is -1.99. The number of nitrogens with two attached hydrogens (primary N) is 1. The van der Waals surface area contributed by atoms with Crippen molar-refractivity contribution in [3.8, 4) is 18.1 Å². The molecule has 0 heterocycles. The third-order valence-corrected chi connectivity index (χ3v) is 1.68. The number of nitrogens with one attached hydrogen (secondary N) is 1. The monoisotopic (exact) mass is 190 g/mol. The molecule has 1 aromatic carbocycles. The molecule has 4 heteroatoms. The quantitative estimate of drug-likeness (QED) is 0.467. The number of anilines is 1. The number of amides is 1. The van der Waals surface area contributed by atoms with E-state index in [9.17, 15) is 9.90 Å². The number of carbonyl (C=O) groups excluding carboxylic acids is 1. The van der Waals surface area contributed by atoms with Crippen LogP contribution in [0.3, 0.4) is 0 Å². The molecule has 0 fully saturated rings. The molecule has 0 saturated heterocycles. The van der Waals surface area contributed by atoms with E-state index in [-0.39, 0.29) is 11.4 Å². The number of benzene rings is 1. The second-order valence-electron chi connectivity index (χ2n) is 2.65. The second kappa shape index (κ2) is 4.30. The van der Waals surface area contributed by atoms with E-state index in [0.717, 1.165) is 5.56 Å². The summed E-state index contributed by atoms with van der Waals surface area (Å²) >= 11 is 0. The van der Waals surface area contributed by atoms with Gasteiger partial charge in [-0.25, -0.2) is 0 Å². The minimum atomic E-state index is -0.596. The Kier molecular flexibility index (Phi) is 3.10. The first-order chi connectivity index (χ1) is 6.67. The molecule has 0 aliphatic rings. The van der Waals surface area contributed by atoms with Crippen LogP contribution in [0.5, 0.6) is 5.75 Å². The molecule has 1 aromatic rings. The van der Waals surface area contributed by atoms with Gasteiger partial charge in [-0.1, -0.05) is 6.07 Å². The first kappa shape index (κ1) is 10.1. The molecule has 1 rings (SSSR count). The van der Waals surface area contributed by atoms with E-state index in [1.807, 2.05) is 5.92 Å². The van der Waals surface area contributed by atoms with Gasteiger partial charge in [-0.15, -0.1) is 6.42 Å². The molecular weight excluding hydrogens is 180 g/mol. The Labute approximate surface area is 81.7 Å². The van der Waals surface area contributed by atoms with Crippen molar-refractivity contribution in [3.05, 3.63) is 23.8 Å². The van der Waals surface area contributed by atoms with Crippen LogP contribution in [0.1, 0.15) is 5.56 Å². The van der Waals surface area contributed by atoms with Gasteiger partial charge in [-0.05, 0) is 23.6 Å². The van der Waals surface area contributed by atoms with E-state index in [2.05, 4.69) is 5.32 Å². The van der Waals surface area contributed by atoms with E-state index in [1.54, 1.807) is 12.1 Å². The fourth-order valence-corrected chi connectivity index (χ4v) is 0.968. The topological polar surface area (TPSA) is 75.4 Å². The number of carbonyl (C=O) groups is 1. The predicted octanol–water partition coefficient (Wildman–Crippen LogP) is 0.423. The fourth-order valence-electron chi connectivity index (χ4n) is 0.968. The highest BCUT2D eigenvalue weighted by molar-refractivity contribution is 6.04. The maximum Gasteiger partial charge on any atom is 0.300 e. The Morgan fingerprint density at radius 3 is 2.86 bits per heavy atom. The molecule has 0 aliphatic heterocycles. The molecule has 0 atom stereocenters. The predicted molar refractivity (Wildman–Crippen MR) is 53.5 cm³/mol. The third-order valence-electron chi connectivity index (χ3n) is 1.68. The molecule has 0 radical (unpaired) electrons. The lowest BCUT2D eigenvalue weighted by Gasteiger charge is -2.05. The van der Waals surface area contributed by atoms with Gasteiger partial charge in [-0.2, -0.15) is 0 Å². The molecule has 0 spiro atoms. The Balaban J connectivity index is 2.90. The number of hydrogen-bond donors (Lipinski definition) is 3. The lowest BCUT2D eigenvalue weighted by molar-refractivity contribution is -0.111. The minimum Gasteiger partial charge on any atom is -0.506 e. The molecule has 0 saturated carbocycles. The molecular formula is C10H10N2O2. The van der Waals surface area contributed by atoms with Crippen LogP contribution in [0.15, 0.2) is 18.2 Å². The zero-order valence-electron chi connectivity index (χ0n) is 7.45. The van der Waals surface area contributed by atoms with Crippen molar-refractivity contribution in [3.63, 3.8) is 0 Å². The highest BCUT2D eigenvalue weighted by Crippen LogP contribution is 2.23. The van der Waals surface area contributed by atoms with Gasteiger partial charge in [0.2, 0.25) is 0 Å². The lowest BCUT2D eigenvalue weighted by Crippen LogP contribution is -2.08. The Morgan fingerprint density at radius 2 is 2.36 bits per heavy atom. The van der Waals surface area contributed by atoms with Crippen LogP contribution in [0.4, 0.5) is 5.69 Å². The van der Waals surface area contributed by atoms with Crippen molar-refractivity contribution < 1.29 is 9.90 Å². The van der Waals surface area contributed by atoms with Gasteiger partial charge in [0.05, 0.1) is 5.69 Å². The highest BCUT2D eigenvalue weighted by Gasteiger charge is 2.03. The van der Waals surface area contributed by atoms with Gasteiger partial charge in [-0.3, -0.25) is 4.79 Å². The van der Waals surface area contributed by atoms with Crippen molar-refractivity contribution >= 4 is 11.6 Å². The number of phenols is 1. The standard InChI is InChI=1S/C10H10N2O2/c1-2-10(14)12-8-4-3-7(6-11)5-9(8)13/h1,3-5,13H,6,11H2,(H,12,14). The number of aromatic hydroxyl groups is 1. The van der Waals surface area contributed by atoms with E-state index in [0.29, 0.717) is 6.54 Å². The molecule has 0 unspecified atom stereocenters. The summed E-state index contributed by atoms with van der Waals surface area (Å²) in [6, 6.07) is 4.73. The van der Waals surface area contributed by atoms with Gasteiger partial charge in [0.1, 0.15) is 5.75 Å². The SMILES string of the molecule is C#CC(=O)Nc1ccc(CN)cc1O. The number of phenolic OH excluding ortho intramolecular Hbond substituents is 1. The highest BCUT2D eigenvalue weighted by atomic mass is 16.3. The summed E-state index contributed by atoms with van der Waals surface area (Å²) in [6.07, 6.45) is 4.86. The summed E-state index contributed by atoms with van der Waals surface area (Å²) in [5, 5.41) is 11.8. The van der Waals surface area contributed by atoms with Gasteiger partial charge >= 0.3 is 0 Å². The van der Waals surface area contributed by atoms with Crippen molar-refractivity contribution in [2.75, 3.05) is 5.32 Å². The van der Waals surface area contributed by atoms with E-state index >= 15 is 0 Å². The molecule has 72 valence electrons. The van der Waals surface area contributed by atoms with Crippen LogP contribution < -0.4 is 11.1 Å². The van der Waals surface area contributed by atoms with Crippen LogP contribution in [0.25, 0.3) is 0 Å². The van der Waals surface area contributed by atoms with Crippen molar-refractivity contribution in [1.82, 2.24) is 0 Å². The zero-order valence-corrected chi connectivity index (χ0v) is 7.45. The molecule has 14 heavy (non-hydrogen) atoms. The van der Waals surface area contributed by atoms with Gasteiger partial charge < -0.3 is 16.2 Å². The summed E-state index contributed by atoms with van der Waals surface area (Å²) in [6.45, 7) is 0.330. The van der Waals surface area contributed by atoms with Crippen LogP contribution in [-0.4, -0.2) is 11.0 Å². The summed E-state index contributed by atoms with van der Waals surface area (Å²) in [5.74, 6) is 1.24. The van der Waals surface area contributed by atoms with Crippen LogP contribution >= 0.6 is 0 Å². The van der Waals surface area contributed by atoms with E-state index in [4.69, 9.17) is 12.2 Å². The normalized spacial score (nSPS) is 9.14. The van der Waals surface area contributed by atoms with Crippen molar-refractivity contribution in [2.45, 2.75) is 6.54 Å². The molecule has 4 N–H and O–H groups in total. The number of hydrogen-bond acceptors (Lipinski definition) is 3. The minimum absolute atomic E-state index is 0.0449. The van der Waals surface area contributed by atoms with Crippen LogP contribution in [0, 0.1) is 12.3 Å². The number of terminal acetylenes is 1. The molecule has 0 aliphatic carbocycles. The summed E-state index contributed by atoms with van der Waals surface area (Å²) in [5.41, 5.74) is 6.43. The van der Waals surface area contributed by atoms with Crippen LogP contribution in [-0.2, 0) is 11.3 Å². The van der Waals surface area contributed by atoms with Gasteiger partial charge in [0.15, 0.2) is 0 Å². The van der Waals surface area contributed by atoms with Gasteiger partial charge in [0, 0.05) is 6.54 Å². The number of rotatable bonds is 2. The first-order valence-corrected chi connectivity index (χ1v) is 3.97. The molecule has 4 nitrogen and oxygen atoms in total. The molecule has 0 bridgehead atoms. The maximum absolute atomic E-state index is 10.8. The van der Waals surface area contributed by atoms with E-state index in [1.165, 1.54) is 6.07 Å². The third kappa shape index (κ3) is 2.25. The van der Waals surface area contributed by atoms with Crippen molar-refractivity contribution in [2.24, 2.45) is 5.73 Å². The maximum atomic E-state index is 10.8.